The summed E-state index contributed by atoms with van der Waals surface area (Å²) in [5.41, 5.74) is 2.05. The van der Waals surface area contributed by atoms with Crippen LogP contribution in [-0.2, 0) is 27.3 Å². The number of pyridine rings is 1. The van der Waals surface area contributed by atoms with Gasteiger partial charge in [-0.1, -0.05) is 66.7 Å². The predicted octanol–water partition coefficient (Wildman–Crippen LogP) is 3.19. The van der Waals surface area contributed by atoms with Gasteiger partial charge >= 0.3 is 0 Å². The third kappa shape index (κ3) is 8.57. The lowest BCUT2D eigenvalue weighted by Gasteiger charge is -2.22. The summed E-state index contributed by atoms with van der Waals surface area (Å²) in [4.78, 5) is 43.1. The summed E-state index contributed by atoms with van der Waals surface area (Å²) in [6.07, 6.45) is 2.31. The predicted molar refractivity (Wildman–Crippen MR) is 127 cm³/mol. The van der Waals surface area contributed by atoms with Crippen molar-refractivity contribution in [1.29, 1.82) is 0 Å². The van der Waals surface area contributed by atoms with Crippen molar-refractivity contribution in [2.45, 2.75) is 25.8 Å². The summed E-state index contributed by atoms with van der Waals surface area (Å²) in [7, 11) is 0. The first-order valence-corrected chi connectivity index (χ1v) is 10.9. The summed E-state index contributed by atoms with van der Waals surface area (Å²) in [6, 6.07) is 24.6. The molecule has 0 unspecified atom stereocenters. The molecule has 33 heavy (non-hydrogen) atoms. The van der Waals surface area contributed by atoms with E-state index in [0.29, 0.717) is 25.3 Å². The first kappa shape index (κ1) is 23.7. The summed E-state index contributed by atoms with van der Waals surface area (Å²) < 4.78 is 0. The lowest BCUT2D eigenvalue weighted by Crippen LogP contribution is -2.41. The number of amides is 3. The second-order valence-electron chi connectivity index (χ2n) is 7.58. The second kappa shape index (κ2) is 12.8. The van der Waals surface area contributed by atoms with Crippen molar-refractivity contribution in [2.75, 3.05) is 18.4 Å². The maximum Gasteiger partial charge on any atom is 0.239 e. The topological polar surface area (TPSA) is 91.4 Å². The highest BCUT2D eigenvalue weighted by Crippen LogP contribution is 2.09. The Morgan fingerprint density at radius 1 is 0.758 bits per heavy atom. The van der Waals surface area contributed by atoms with Crippen LogP contribution in [0, 0.1) is 0 Å². The minimum absolute atomic E-state index is 0.00277. The van der Waals surface area contributed by atoms with Gasteiger partial charge in [-0.25, -0.2) is 4.98 Å². The van der Waals surface area contributed by atoms with Crippen molar-refractivity contribution in [3.05, 3.63) is 96.2 Å². The summed E-state index contributed by atoms with van der Waals surface area (Å²) in [5.74, 6) is -0.343. The number of benzene rings is 2. The fourth-order valence-electron chi connectivity index (χ4n) is 3.28. The average Bonchev–Trinajstić information content (AvgIpc) is 2.84. The Kier molecular flexibility index (Phi) is 9.15. The van der Waals surface area contributed by atoms with Crippen LogP contribution in [-0.4, -0.2) is 40.7 Å². The second-order valence-corrected chi connectivity index (χ2v) is 7.58. The van der Waals surface area contributed by atoms with Gasteiger partial charge in [0.2, 0.25) is 17.7 Å². The number of anilines is 1. The fourth-order valence-corrected chi connectivity index (χ4v) is 3.28. The fraction of sp³-hybridized carbons (Fsp3) is 0.231. The van der Waals surface area contributed by atoms with E-state index in [2.05, 4.69) is 15.6 Å². The van der Waals surface area contributed by atoms with Gasteiger partial charge in [0.05, 0.1) is 6.54 Å². The highest BCUT2D eigenvalue weighted by Gasteiger charge is 2.19. The molecule has 2 aromatic carbocycles. The molecule has 0 aliphatic heterocycles. The van der Waals surface area contributed by atoms with E-state index >= 15 is 0 Å². The summed E-state index contributed by atoms with van der Waals surface area (Å²) in [5, 5.41) is 5.55. The minimum atomic E-state index is -0.297. The Hall–Kier alpha value is -4.00. The maximum atomic E-state index is 12.9. The Morgan fingerprint density at radius 3 is 2.09 bits per heavy atom. The third-order valence-electron chi connectivity index (χ3n) is 4.98. The van der Waals surface area contributed by atoms with Gasteiger partial charge in [-0.2, -0.15) is 0 Å². The van der Waals surface area contributed by atoms with E-state index in [0.717, 1.165) is 11.1 Å². The summed E-state index contributed by atoms with van der Waals surface area (Å²) in [6.45, 7) is 0.723. The number of aromatic nitrogens is 1. The van der Waals surface area contributed by atoms with Crippen molar-refractivity contribution in [3.8, 4) is 0 Å². The Labute approximate surface area is 193 Å². The minimum Gasteiger partial charge on any atom is -0.354 e. The van der Waals surface area contributed by atoms with Gasteiger partial charge in [0.25, 0.3) is 0 Å². The number of carbonyl (C=O) groups excluding carboxylic acids is 3. The average molecular weight is 445 g/mol. The molecule has 0 saturated heterocycles. The van der Waals surface area contributed by atoms with E-state index in [1.807, 2.05) is 60.7 Å². The number of nitrogens with one attached hydrogen (secondary N) is 2. The van der Waals surface area contributed by atoms with Crippen LogP contribution in [0.2, 0.25) is 0 Å². The molecule has 3 rings (SSSR count). The molecule has 3 amide bonds. The standard InChI is InChI=1S/C26H28N4O3/c31-24(29-23-13-7-8-17-27-23)14-15-26(33)30(19-22-11-5-2-6-12-22)20-25(32)28-18-16-21-9-3-1-4-10-21/h1-13,17H,14-16,18-20H2,(H,28,32)(H,27,29,31). The third-order valence-corrected chi connectivity index (χ3v) is 4.98. The van der Waals surface area contributed by atoms with E-state index in [-0.39, 0.29) is 37.1 Å². The van der Waals surface area contributed by atoms with Crippen molar-refractivity contribution < 1.29 is 14.4 Å². The van der Waals surface area contributed by atoms with E-state index in [4.69, 9.17) is 0 Å². The van der Waals surface area contributed by atoms with Crippen LogP contribution in [0.5, 0.6) is 0 Å². The van der Waals surface area contributed by atoms with Gasteiger partial charge in [-0.05, 0) is 29.7 Å². The quantitative estimate of drug-likeness (QED) is 0.475. The molecule has 7 nitrogen and oxygen atoms in total. The molecule has 0 spiro atoms. The molecule has 170 valence electrons. The van der Waals surface area contributed by atoms with Crippen LogP contribution in [0.4, 0.5) is 5.82 Å². The van der Waals surface area contributed by atoms with Crippen LogP contribution in [0.15, 0.2) is 85.1 Å². The zero-order chi connectivity index (χ0) is 23.3. The van der Waals surface area contributed by atoms with E-state index in [1.165, 1.54) is 4.90 Å². The van der Waals surface area contributed by atoms with E-state index < -0.39 is 0 Å². The number of carbonyl (C=O) groups is 3. The molecular formula is C26H28N4O3. The number of hydrogen-bond donors (Lipinski definition) is 2. The smallest absolute Gasteiger partial charge is 0.239 e. The first-order chi connectivity index (χ1) is 16.1. The molecule has 2 N–H and O–H groups in total. The Balaban J connectivity index is 1.53. The van der Waals surface area contributed by atoms with E-state index in [9.17, 15) is 14.4 Å². The number of nitrogens with zero attached hydrogens (tertiary/aromatic N) is 2. The van der Waals surface area contributed by atoms with Gasteiger partial charge in [-0.15, -0.1) is 0 Å². The lowest BCUT2D eigenvalue weighted by molar-refractivity contribution is -0.137. The molecule has 1 aromatic heterocycles. The maximum absolute atomic E-state index is 12.9. The van der Waals surface area contributed by atoms with Gasteiger partial charge in [0, 0.05) is 32.1 Å². The monoisotopic (exact) mass is 444 g/mol. The molecule has 0 fully saturated rings. The van der Waals surface area contributed by atoms with Crippen LogP contribution in [0.1, 0.15) is 24.0 Å². The Morgan fingerprint density at radius 2 is 1.42 bits per heavy atom. The molecule has 0 aliphatic rings. The van der Waals surface area contributed by atoms with Crippen molar-refractivity contribution in [3.63, 3.8) is 0 Å². The molecule has 3 aromatic rings. The SMILES string of the molecule is O=C(CN(Cc1ccccc1)C(=O)CCC(=O)Nc1ccccn1)NCCc1ccccc1. The zero-order valence-electron chi connectivity index (χ0n) is 18.4. The molecule has 1 heterocycles. The van der Waals surface area contributed by atoms with Gasteiger partial charge in [0.15, 0.2) is 0 Å². The van der Waals surface area contributed by atoms with Gasteiger partial charge in [0.1, 0.15) is 5.82 Å². The highest BCUT2D eigenvalue weighted by atomic mass is 16.2. The molecular weight excluding hydrogens is 416 g/mol. The van der Waals surface area contributed by atoms with E-state index in [1.54, 1.807) is 24.4 Å². The molecule has 0 aliphatic carbocycles. The molecule has 0 atom stereocenters. The van der Waals surface area contributed by atoms with Crippen molar-refractivity contribution in [2.24, 2.45) is 0 Å². The summed E-state index contributed by atoms with van der Waals surface area (Å²) >= 11 is 0. The van der Waals surface area contributed by atoms with Crippen LogP contribution in [0.3, 0.4) is 0 Å². The van der Waals surface area contributed by atoms with Crippen molar-refractivity contribution in [1.82, 2.24) is 15.2 Å². The van der Waals surface area contributed by atoms with Crippen molar-refractivity contribution >= 4 is 23.5 Å². The Bertz CT molecular complexity index is 1030. The van der Waals surface area contributed by atoms with Gasteiger partial charge in [-0.3, -0.25) is 14.4 Å². The van der Waals surface area contributed by atoms with Gasteiger partial charge < -0.3 is 15.5 Å². The molecule has 0 saturated carbocycles. The lowest BCUT2D eigenvalue weighted by atomic mass is 10.1. The molecule has 0 radical (unpaired) electrons. The molecule has 7 heteroatoms. The largest absolute Gasteiger partial charge is 0.354 e. The van der Waals surface area contributed by atoms with Crippen LogP contribution in [0.25, 0.3) is 0 Å². The highest BCUT2D eigenvalue weighted by molar-refractivity contribution is 5.93. The first-order valence-electron chi connectivity index (χ1n) is 10.9. The number of hydrogen-bond acceptors (Lipinski definition) is 4. The number of rotatable bonds is 11. The zero-order valence-corrected chi connectivity index (χ0v) is 18.4. The van der Waals surface area contributed by atoms with Crippen LogP contribution < -0.4 is 10.6 Å². The molecule has 0 bridgehead atoms. The normalized spacial score (nSPS) is 10.3. The van der Waals surface area contributed by atoms with Crippen LogP contribution >= 0.6 is 0 Å².